The third-order valence-corrected chi connectivity index (χ3v) is 3.77. The van der Waals surface area contributed by atoms with Crippen molar-refractivity contribution in [2.75, 3.05) is 12.4 Å². The third kappa shape index (κ3) is 3.87. The summed E-state index contributed by atoms with van der Waals surface area (Å²) in [6.07, 6.45) is 1.63. The number of amides is 1. The number of hydrogen-bond donors (Lipinski definition) is 2. The molecule has 0 saturated carbocycles. The molecule has 0 unspecified atom stereocenters. The molecule has 0 radical (unpaired) electrons. The van der Waals surface area contributed by atoms with E-state index in [9.17, 15) is 4.79 Å². The first-order valence-electron chi connectivity index (χ1n) is 7.40. The molecule has 0 saturated heterocycles. The van der Waals surface area contributed by atoms with Gasteiger partial charge in [0.25, 0.3) is 5.91 Å². The van der Waals surface area contributed by atoms with Crippen LogP contribution in [0.3, 0.4) is 0 Å². The lowest BCUT2D eigenvalue weighted by atomic mass is 10.1. The van der Waals surface area contributed by atoms with E-state index in [0.717, 1.165) is 11.3 Å². The van der Waals surface area contributed by atoms with Crippen LogP contribution in [0.25, 0.3) is 11.3 Å². The van der Waals surface area contributed by atoms with Crippen LogP contribution in [0.5, 0.6) is 5.75 Å². The minimum atomic E-state index is -0.563. The topological polar surface area (TPSA) is 90.1 Å². The van der Waals surface area contributed by atoms with Crippen LogP contribution >= 0.6 is 11.6 Å². The first kappa shape index (κ1) is 16.7. The quantitative estimate of drug-likeness (QED) is 0.729. The molecule has 0 bridgehead atoms. The second-order valence-electron chi connectivity index (χ2n) is 5.18. The summed E-state index contributed by atoms with van der Waals surface area (Å²) in [6, 6.07) is 14.1. The van der Waals surface area contributed by atoms with E-state index in [1.165, 1.54) is 7.11 Å². The molecule has 6 nitrogen and oxygen atoms in total. The molecule has 0 fully saturated rings. The van der Waals surface area contributed by atoms with E-state index >= 15 is 0 Å². The zero-order chi connectivity index (χ0) is 17.8. The van der Waals surface area contributed by atoms with Gasteiger partial charge in [0.1, 0.15) is 5.75 Å². The smallest absolute Gasteiger partial charge is 0.252 e. The monoisotopic (exact) mass is 354 g/mol. The van der Waals surface area contributed by atoms with Crippen molar-refractivity contribution in [3.63, 3.8) is 0 Å². The van der Waals surface area contributed by atoms with Gasteiger partial charge in [0.2, 0.25) is 5.95 Å². The Kier molecular flexibility index (Phi) is 4.81. The summed E-state index contributed by atoms with van der Waals surface area (Å²) < 4.78 is 5.15. The van der Waals surface area contributed by atoms with Crippen molar-refractivity contribution in [1.29, 1.82) is 0 Å². The summed E-state index contributed by atoms with van der Waals surface area (Å²) in [7, 11) is 1.49. The summed E-state index contributed by atoms with van der Waals surface area (Å²) in [4.78, 5) is 20.3. The molecule has 2 aromatic carbocycles. The molecule has 3 N–H and O–H groups in total. The van der Waals surface area contributed by atoms with Crippen LogP contribution in [0.15, 0.2) is 54.7 Å². The molecular weight excluding hydrogens is 340 g/mol. The molecule has 3 rings (SSSR count). The minimum absolute atomic E-state index is 0.297. The molecule has 0 atom stereocenters. The maximum atomic E-state index is 11.6. The van der Waals surface area contributed by atoms with Crippen molar-refractivity contribution >= 4 is 29.1 Å². The Morgan fingerprint density at radius 1 is 1.16 bits per heavy atom. The lowest BCUT2D eigenvalue weighted by molar-refractivity contribution is 0.0997. The van der Waals surface area contributed by atoms with E-state index in [1.54, 1.807) is 42.6 Å². The fraction of sp³-hybridized carbons (Fsp3) is 0.0556. The fourth-order valence-corrected chi connectivity index (χ4v) is 2.43. The van der Waals surface area contributed by atoms with Crippen LogP contribution in [0, 0.1) is 0 Å². The molecule has 0 aliphatic carbocycles. The van der Waals surface area contributed by atoms with E-state index in [-0.39, 0.29) is 0 Å². The Bertz CT molecular complexity index is 913. The van der Waals surface area contributed by atoms with Gasteiger partial charge in [0.05, 0.1) is 18.4 Å². The average molecular weight is 355 g/mol. The molecule has 1 aromatic heterocycles. The zero-order valence-corrected chi connectivity index (χ0v) is 14.1. The van der Waals surface area contributed by atoms with Crippen LogP contribution in [0.1, 0.15) is 10.4 Å². The molecule has 0 aliphatic rings. The van der Waals surface area contributed by atoms with E-state index in [2.05, 4.69) is 15.3 Å². The number of benzene rings is 2. The molecule has 126 valence electrons. The number of carbonyl (C=O) groups excluding carboxylic acids is 1. The van der Waals surface area contributed by atoms with E-state index in [0.29, 0.717) is 28.0 Å². The first-order valence-corrected chi connectivity index (χ1v) is 7.78. The number of anilines is 2. The minimum Gasteiger partial charge on any atom is -0.496 e. The molecule has 0 spiro atoms. The van der Waals surface area contributed by atoms with Gasteiger partial charge < -0.3 is 15.8 Å². The molecular formula is C18H15ClN4O2. The summed E-state index contributed by atoms with van der Waals surface area (Å²) in [6.45, 7) is 0. The molecule has 0 aliphatic heterocycles. The molecule has 1 amide bonds. The zero-order valence-electron chi connectivity index (χ0n) is 13.4. The average Bonchev–Trinajstić information content (AvgIpc) is 2.63. The lowest BCUT2D eigenvalue weighted by Gasteiger charge is -2.09. The van der Waals surface area contributed by atoms with Crippen molar-refractivity contribution in [2.45, 2.75) is 0 Å². The highest BCUT2D eigenvalue weighted by molar-refractivity contribution is 6.30. The van der Waals surface area contributed by atoms with E-state index < -0.39 is 5.91 Å². The standard InChI is InChI=1S/C18H15ClN4O2/c1-25-16-7-2-11(10-14(16)17(20)24)15-8-9-21-18(23-15)22-13-5-3-12(19)4-6-13/h2-10H,1H3,(H2,20,24)(H,21,22,23). The van der Waals surface area contributed by atoms with Crippen LogP contribution < -0.4 is 15.8 Å². The number of primary amides is 1. The van der Waals surface area contributed by atoms with Crippen molar-refractivity contribution in [1.82, 2.24) is 9.97 Å². The number of nitrogens with one attached hydrogen (secondary N) is 1. The predicted molar refractivity (Wildman–Crippen MR) is 97.3 cm³/mol. The van der Waals surface area contributed by atoms with E-state index in [1.807, 2.05) is 12.1 Å². The van der Waals surface area contributed by atoms with Gasteiger partial charge in [-0.2, -0.15) is 0 Å². The Hall–Kier alpha value is -3.12. The maximum absolute atomic E-state index is 11.6. The highest BCUT2D eigenvalue weighted by Crippen LogP contribution is 2.26. The second-order valence-corrected chi connectivity index (χ2v) is 5.61. The first-order chi connectivity index (χ1) is 12.1. The second kappa shape index (κ2) is 7.19. The number of rotatable bonds is 5. The van der Waals surface area contributed by atoms with Gasteiger partial charge >= 0.3 is 0 Å². The van der Waals surface area contributed by atoms with Gasteiger partial charge in [-0.05, 0) is 48.5 Å². The van der Waals surface area contributed by atoms with Crippen LogP contribution in [-0.2, 0) is 0 Å². The van der Waals surface area contributed by atoms with Crippen LogP contribution in [0.2, 0.25) is 5.02 Å². The Morgan fingerprint density at radius 2 is 1.92 bits per heavy atom. The molecule has 1 heterocycles. The predicted octanol–water partition coefficient (Wildman–Crippen LogP) is 3.65. The SMILES string of the molecule is COc1ccc(-c2ccnc(Nc3ccc(Cl)cc3)n2)cc1C(N)=O. The Morgan fingerprint density at radius 3 is 2.60 bits per heavy atom. The normalized spacial score (nSPS) is 10.3. The Balaban J connectivity index is 1.92. The fourth-order valence-electron chi connectivity index (χ4n) is 2.30. The number of hydrogen-bond acceptors (Lipinski definition) is 5. The van der Waals surface area contributed by atoms with Gasteiger partial charge in [-0.3, -0.25) is 4.79 Å². The Labute approximate surface area is 149 Å². The summed E-state index contributed by atoms with van der Waals surface area (Å²) in [5.74, 6) is 0.286. The number of nitrogens with zero attached hydrogens (tertiary/aromatic N) is 2. The summed E-state index contributed by atoms with van der Waals surface area (Å²) in [5.41, 5.74) is 7.90. The highest BCUT2D eigenvalue weighted by atomic mass is 35.5. The molecule has 7 heteroatoms. The third-order valence-electron chi connectivity index (χ3n) is 3.52. The number of halogens is 1. The van der Waals surface area contributed by atoms with Crippen molar-refractivity contribution in [3.05, 3.63) is 65.3 Å². The van der Waals surface area contributed by atoms with Gasteiger partial charge in [-0.15, -0.1) is 0 Å². The number of methoxy groups -OCH3 is 1. The lowest BCUT2D eigenvalue weighted by Crippen LogP contribution is -2.12. The van der Waals surface area contributed by atoms with Gasteiger partial charge in [-0.25, -0.2) is 9.97 Å². The summed E-state index contributed by atoms with van der Waals surface area (Å²) in [5, 5.41) is 3.75. The van der Waals surface area contributed by atoms with Gasteiger partial charge in [0.15, 0.2) is 0 Å². The largest absolute Gasteiger partial charge is 0.496 e. The number of aromatic nitrogens is 2. The molecule has 25 heavy (non-hydrogen) atoms. The summed E-state index contributed by atoms with van der Waals surface area (Å²) >= 11 is 5.88. The van der Waals surface area contributed by atoms with Crippen molar-refractivity contribution in [2.24, 2.45) is 5.73 Å². The molecule has 3 aromatic rings. The van der Waals surface area contributed by atoms with Crippen molar-refractivity contribution < 1.29 is 9.53 Å². The highest BCUT2D eigenvalue weighted by Gasteiger charge is 2.12. The van der Waals surface area contributed by atoms with Crippen LogP contribution in [-0.4, -0.2) is 23.0 Å². The maximum Gasteiger partial charge on any atom is 0.252 e. The van der Waals surface area contributed by atoms with Gasteiger partial charge in [0, 0.05) is 22.5 Å². The van der Waals surface area contributed by atoms with Crippen LogP contribution in [0.4, 0.5) is 11.6 Å². The number of nitrogens with two attached hydrogens (primary N) is 1. The number of ether oxygens (including phenoxy) is 1. The van der Waals surface area contributed by atoms with Crippen molar-refractivity contribution in [3.8, 4) is 17.0 Å². The number of carbonyl (C=O) groups is 1. The van der Waals surface area contributed by atoms with Gasteiger partial charge in [-0.1, -0.05) is 11.6 Å². The van der Waals surface area contributed by atoms with E-state index in [4.69, 9.17) is 22.1 Å².